The van der Waals surface area contributed by atoms with Crippen LogP contribution in [0.4, 0.5) is 0 Å². The highest BCUT2D eigenvalue weighted by molar-refractivity contribution is 9.10. The predicted octanol–water partition coefficient (Wildman–Crippen LogP) is 3.77. The first-order valence-electron chi connectivity index (χ1n) is 5.97. The summed E-state index contributed by atoms with van der Waals surface area (Å²) in [5, 5.41) is 3.33. The van der Waals surface area contributed by atoms with Gasteiger partial charge in [0.05, 0.1) is 11.7 Å². The van der Waals surface area contributed by atoms with Crippen LogP contribution in [0, 0.1) is 13.8 Å². The fourth-order valence-corrected chi connectivity index (χ4v) is 2.45. The number of benzene rings is 1. The third-order valence-corrected chi connectivity index (χ3v) is 3.38. The minimum atomic E-state index is 0.136. The molecule has 0 aliphatic rings. The smallest absolute Gasteiger partial charge is 0.0749 e. The highest BCUT2D eigenvalue weighted by Crippen LogP contribution is 2.23. The van der Waals surface area contributed by atoms with Crippen LogP contribution in [0.3, 0.4) is 0 Å². The summed E-state index contributed by atoms with van der Waals surface area (Å²) < 4.78 is 1.00. The summed E-state index contributed by atoms with van der Waals surface area (Å²) in [7, 11) is 1.96. The topological polar surface area (TPSA) is 24.9 Å². The average molecular weight is 305 g/mol. The van der Waals surface area contributed by atoms with Gasteiger partial charge in [0.15, 0.2) is 0 Å². The monoisotopic (exact) mass is 304 g/mol. The van der Waals surface area contributed by atoms with Gasteiger partial charge >= 0.3 is 0 Å². The number of hydrogen-bond acceptors (Lipinski definition) is 2. The van der Waals surface area contributed by atoms with Crippen LogP contribution in [0.25, 0.3) is 0 Å². The molecule has 0 amide bonds. The quantitative estimate of drug-likeness (QED) is 0.933. The van der Waals surface area contributed by atoms with E-state index in [1.165, 1.54) is 16.7 Å². The zero-order chi connectivity index (χ0) is 13.1. The number of rotatable bonds is 3. The molecule has 0 radical (unpaired) electrons. The fraction of sp³-hybridized carbons (Fsp3) is 0.267. The van der Waals surface area contributed by atoms with Crippen molar-refractivity contribution in [2.75, 3.05) is 7.05 Å². The summed E-state index contributed by atoms with van der Waals surface area (Å²) in [6, 6.07) is 10.8. The highest BCUT2D eigenvalue weighted by Gasteiger charge is 2.13. The van der Waals surface area contributed by atoms with Gasteiger partial charge in [-0.15, -0.1) is 0 Å². The molecule has 1 unspecified atom stereocenters. The summed E-state index contributed by atoms with van der Waals surface area (Å²) in [5.41, 5.74) is 4.85. The molecular formula is C15H17BrN2. The maximum Gasteiger partial charge on any atom is 0.0749 e. The Hall–Kier alpha value is -1.19. The number of pyridine rings is 1. The van der Waals surface area contributed by atoms with Crippen molar-refractivity contribution in [2.45, 2.75) is 19.9 Å². The van der Waals surface area contributed by atoms with Gasteiger partial charge in [-0.3, -0.25) is 4.98 Å². The maximum absolute atomic E-state index is 4.48. The standard InChI is InChI=1S/C15H17BrN2/c1-10-6-11(2)8-12(7-10)15(17-3)14-5-4-13(16)9-18-14/h4-9,15,17H,1-3H3. The molecule has 1 aromatic heterocycles. The summed E-state index contributed by atoms with van der Waals surface area (Å²) in [5.74, 6) is 0. The number of aromatic nitrogens is 1. The van der Waals surface area contributed by atoms with Crippen LogP contribution in [-0.2, 0) is 0 Å². The van der Waals surface area contributed by atoms with Crippen molar-refractivity contribution in [2.24, 2.45) is 0 Å². The van der Waals surface area contributed by atoms with Crippen LogP contribution in [0.15, 0.2) is 41.0 Å². The Morgan fingerprint density at radius 1 is 1.11 bits per heavy atom. The first kappa shape index (κ1) is 13.2. The van der Waals surface area contributed by atoms with E-state index >= 15 is 0 Å². The van der Waals surface area contributed by atoms with E-state index in [-0.39, 0.29) is 6.04 Å². The lowest BCUT2D eigenvalue weighted by atomic mass is 9.99. The fourth-order valence-electron chi connectivity index (χ4n) is 2.22. The molecule has 0 fully saturated rings. The molecule has 1 aromatic carbocycles. The molecule has 2 rings (SSSR count). The van der Waals surface area contributed by atoms with Gasteiger partial charge in [0.1, 0.15) is 0 Å². The molecule has 0 spiro atoms. The Morgan fingerprint density at radius 3 is 2.28 bits per heavy atom. The van der Waals surface area contributed by atoms with Gasteiger partial charge in [0, 0.05) is 10.7 Å². The van der Waals surface area contributed by atoms with Crippen molar-refractivity contribution in [1.29, 1.82) is 0 Å². The van der Waals surface area contributed by atoms with Crippen LogP contribution >= 0.6 is 15.9 Å². The summed E-state index contributed by atoms with van der Waals surface area (Å²) in [6.45, 7) is 4.25. The molecule has 1 N–H and O–H groups in total. The summed E-state index contributed by atoms with van der Waals surface area (Å²) >= 11 is 3.41. The Labute approximate surface area is 117 Å². The predicted molar refractivity (Wildman–Crippen MR) is 78.8 cm³/mol. The van der Waals surface area contributed by atoms with Crippen LogP contribution in [0.2, 0.25) is 0 Å². The first-order valence-corrected chi connectivity index (χ1v) is 6.76. The van der Waals surface area contributed by atoms with Crippen molar-refractivity contribution in [1.82, 2.24) is 10.3 Å². The number of aryl methyl sites for hydroxylation is 2. The van der Waals surface area contributed by atoms with Crippen molar-refractivity contribution in [3.8, 4) is 0 Å². The molecule has 1 atom stereocenters. The normalized spacial score (nSPS) is 12.4. The molecule has 2 nitrogen and oxygen atoms in total. The number of hydrogen-bond donors (Lipinski definition) is 1. The van der Waals surface area contributed by atoms with Crippen molar-refractivity contribution in [3.05, 3.63) is 63.4 Å². The maximum atomic E-state index is 4.48. The second kappa shape index (κ2) is 5.63. The Bertz CT molecular complexity index is 514. The second-order valence-corrected chi connectivity index (χ2v) is 5.46. The van der Waals surface area contributed by atoms with Crippen molar-refractivity contribution >= 4 is 15.9 Å². The minimum Gasteiger partial charge on any atom is -0.308 e. The highest BCUT2D eigenvalue weighted by atomic mass is 79.9. The molecular weight excluding hydrogens is 288 g/mol. The van der Waals surface area contributed by atoms with E-state index in [0.717, 1.165) is 10.2 Å². The zero-order valence-electron chi connectivity index (χ0n) is 10.9. The molecule has 94 valence electrons. The third kappa shape index (κ3) is 2.98. The van der Waals surface area contributed by atoms with Gasteiger partial charge in [0.2, 0.25) is 0 Å². The van der Waals surface area contributed by atoms with Gasteiger partial charge in [-0.2, -0.15) is 0 Å². The largest absolute Gasteiger partial charge is 0.308 e. The van der Waals surface area contributed by atoms with Crippen LogP contribution in [0.1, 0.15) is 28.4 Å². The van der Waals surface area contributed by atoms with E-state index < -0.39 is 0 Å². The Morgan fingerprint density at radius 2 is 1.78 bits per heavy atom. The lowest BCUT2D eigenvalue weighted by Gasteiger charge is -2.17. The van der Waals surface area contributed by atoms with Gasteiger partial charge in [-0.25, -0.2) is 0 Å². The van der Waals surface area contributed by atoms with Crippen LogP contribution in [0.5, 0.6) is 0 Å². The molecule has 1 heterocycles. The van der Waals surface area contributed by atoms with Gasteiger partial charge in [-0.05, 0) is 54.5 Å². The van der Waals surface area contributed by atoms with Crippen molar-refractivity contribution < 1.29 is 0 Å². The SMILES string of the molecule is CNC(c1cc(C)cc(C)c1)c1ccc(Br)cn1. The van der Waals surface area contributed by atoms with Gasteiger partial charge in [-0.1, -0.05) is 29.3 Å². The zero-order valence-corrected chi connectivity index (χ0v) is 12.5. The lowest BCUT2D eigenvalue weighted by Crippen LogP contribution is -2.19. The lowest BCUT2D eigenvalue weighted by molar-refractivity contribution is 0.669. The molecule has 0 saturated heterocycles. The van der Waals surface area contributed by atoms with Crippen LogP contribution < -0.4 is 5.32 Å². The summed E-state index contributed by atoms with van der Waals surface area (Å²) in [6.07, 6.45) is 1.84. The molecule has 0 aliphatic carbocycles. The van der Waals surface area contributed by atoms with Crippen molar-refractivity contribution in [3.63, 3.8) is 0 Å². The number of nitrogens with one attached hydrogen (secondary N) is 1. The Balaban J connectivity index is 2.41. The van der Waals surface area contributed by atoms with Crippen LogP contribution in [-0.4, -0.2) is 12.0 Å². The summed E-state index contributed by atoms with van der Waals surface area (Å²) in [4.78, 5) is 4.48. The molecule has 18 heavy (non-hydrogen) atoms. The molecule has 2 aromatic rings. The van der Waals surface area contributed by atoms with E-state index in [9.17, 15) is 0 Å². The second-order valence-electron chi connectivity index (χ2n) is 4.54. The molecule has 0 saturated carbocycles. The van der Waals surface area contributed by atoms with E-state index in [1.54, 1.807) is 0 Å². The van der Waals surface area contributed by atoms with E-state index in [2.05, 4.69) is 58.3 Å². The average Bonchev–Trinajstić information content (AvgIpc) is 2.31. The molecule has 0 bridgehead atoms. The Kier molecular flexibility index (Phi) is 4.15. The van der Waals surface area contributed by atoms with E-state index in [1.807, 2.05) is 25.4 Å². The van der Waals surface area contributed by atoms with E-state index in [4.69, 9.17) is 0 Å². The third-order valence-electron chi connectivity index (χ3n) is 2.91. The number of nitrogens with zero attached hydrogens (tertiary/aromatic N) is 1. The molecule has 3 heteroatoms. The van der Waals surface area contributed by atoms with E-state index in [0.29, 0.717) is 0 Å². The minimum absolute atomic E-state index is 0.136. The van der Waals surface area contributed by atoms with Gasteiger partial charge < -0.3 is 5.32 Å². The number of halogens is 1. The molecule has 0 aliphatic heterocycles. The first-order chi connectivity index (χ1) is 8.60. The van der Waals surface area contributed by atoms with Gasteiger partial charge in [0.25, 0.3) is 0 Å².